The molecule has 1 nitrogen and oxygen atoms in total. The van der Waals surface area contributed by atoms with E-state index in [9.17, 15) is 5.11 Å². The van der Waals surface area contributed by atoms with Gasteiger partial charge in [-0.3, -0.25) is 0 Å². The predicted octanol–water partition coefficient (Wildman–Crippen LogP) is 4.01. The minimum absolute atomic E-state index is 0.186. The number of aliphatic hydroxyl groups is 1. The summed E-state index contributed by atoms with van der Waals surface area (Å²) >= 11 is 0. The quantitative estimate of drug-likeness (QED) is 0.612. The molecule has 0 aliphatic heterocycles. The number of aliphatic hydroxyl groups excluding tert-OH is 1. The van der Waals surface area contributed by atoms with Gasteiger partial charge in [0.2, 0.25) is 0 Å². The van der Waals surface area contributed by atoms with Crippen LogP contribution in [0.1, 0.15) is 47.0 Å². The molecular weight excluding hydrogens is 196 g/mol. The van der Waals surface area contributed by atoms with Crippen LogP contribution in [0.5, 0.6) is 0 Å². The molecule has 0 aromatic rings. The van der Waals surface area contributed by atoms with Crippen molar-refractivity contribution in [2.45, 2.75) is 53.1 Å². The van der Waals surface area contributed by atoms with E-state index >= 15 is 0 Å². The van der Waals surface area contributed by atoms with Gasteiger partial charge in [-0.2, -0.15) is 0 Å². The van der Waals surface area contributed by atoms with Crippen molar-refractivity contribution in [3.05, 3.63) is 35.5 Å². The highest BCUT2D eigenvalue weighted by atomic mass is 16.3. The van der Waals surface area contributed by atoms with E-state index in [2.05, 4.69) is 45.1 Å². The Morgan fingerprint density at radius 1 is 1.25 bits per heavy atom. The van der Waals surface area contributed by atoms with E-state index in [4.69, 9.17) is 0 Å². The fourth-order valence-corrected chi connectivity index (χ4v) is 1.77. The standard InChI is InChI=1S/C15H24O/c1-12-6-5-10-15(3,4)11-9-13(2)14(16)8-7-12/h5,7,9-10,14,16H,6,8,11H2,1-4H3/b10-5+,12-7+,13-9+/t14-/m0/s1. The van der Waals surface area contributed by atoms with E-state index in [0.29, 0.717) is 0 Å². The first kappa shape index (κ1) is 13.2. The zero-order chi connectivity index (χ0) is 12.2. The number of rotatable bonds is 0. The van der Waals surface area contributed by atoms with Crippen molar-refractivity contribution in [1.29, 1.82) is 0 Å². The van der Waals surface area contributed by atoms with Crippen molar-refractivity contribution in [1.82, 2.24) is 0 Å². The monoisotopic (exact) mass is 220 g/mol. The predicted molar refractivity (Wildman–Crippen MR) is 70.3 cm³/mol. The molecule has 0 unspecified atom stereocenters. The summed E-state index contributed by atoms with van der Waals surface area (Å²) < 4.78 is 0. The summed E-state index contributed by atoms with van der Waals surface area (Å²) in [5.41, 5.74) is 2.61. The Labute approximate surface area is 99.6 Å². The molecule has 0 saturated heterocycles. The van der Waals surface area contributed by atoms with Crippen LogP contribution in [0.15, 0.2) is 35.5 Å². The van der Waals surface area contributed by atoms with Crippen molar-refractivity contribution in [3.63, 3.8) is 0 Å². The smallest absolute Gasteiger partial charge is 0.0781 e. The highest BCUT2D eigenvalue weighted by molar-refractivity contribution is 5.14. The Kier molecular flexibility index (Phi) is 4.55. The SMILES string of the molecule is C/C1=C\C[C@H](O)/C(C)=C/CC(C)(C)/C=C/C1. The van der Waals surface area contributed by atoms with Crippen molar-refractivity contribution in [2.24, 2.45) is 5.41 Å². The van der Waals surface area contributed by atoms with E-state index in [0.717, 1.165) is 24.8 Å². The van der Waals surface area contributed by atoms with Gasteiger partial charge in [-0.1, -0.05) is 43.7 Å². The van der Waals surface area contributed by atoms with Gasteiger partial charge in [-0.05, 0) is 44.1 Å². The molecule has 1 atom stereocenters. The lowest BCUT2D eigenvalue weighted by Gasteiger charge is -2.19. The Morgan fingerprint density at radius 2 is 1.94 bits per heavy atom. The zero-order valence-electron chi connectivity index (χ0n) is 11.0. The lowest BCUT2D eigenvalue weighted by Crippen LogP contribution is -2.09. The third-order valence-electron chi connectivity index (χ3n) is 3.17. The van der Waals surface area contributed by atoms with E-state index in [1.165, 1.54) is 5.57 Å². The summed E-state index contributed by atoms with van der Waals surface area (Å²) in [4.78, 5) is 0. The lowest BCUT2D eigenvalue weighted by atomic mass is 9.87. The van der Waals surface area contributed by atoms with Crippen LogP contribution in [-0.4, -0.2) is 11.2 Å². The molecular formula is C15H24O. The molecule has 0 amide bonds. The van der Waals surface area contributed by atoms with Gasteiger partial charge in [0.1, 0.15) is 0 Å². The summed E-state index contributed by atoms with van der Waals surface area (Å²) in [6, 6.07) is 0. The van der Waals surface area contributed by atoms with E-state index < -0.39 is 0 Å². The maximum absolute atomic E-state index is 9.95. The molecule has 1 aliphatic rings. The molecule has 1 rings (SSSR count). The summed E-state index contributed by atoms with van der Waals surface area (Å²) in [6.45, 7) is 8.61. The van der Waals surface area contributed by atoms with Crippen LogP contribution in [0.25, 0.3) is 0 Å². The van der Waals surface area contributed by atoms with Gasteiger partial charge in [-0.25, -0.2) is 0 Å². The molecule has 1 aliphatic carbocycles. The fourth-order valence-electron chi connectivity index (χ4n) is 1.77. The molecule has 1 heteroatoms. The van der Waals surface area contributed by atoms with Crippen LogP contribution >= 0.6 is 0 Å². The molecule has 0 spiro atoms. The molecule has 90 valence electrons. The minimum Gasteiger partial charge on any atom is -0.388 e. The molecule has 0 bridgehead atoms. The van der Waals surface area contributed by atoms with Crippen LogP contribution in [0.2, 0.25) is 0 Å². The van der Waals surface area contributed by atoms with Gasteiger partial charge < -0.3 is 5.11 Å². The van der Waals surface area contributed by atoms with Gasteiger partial charge in [0, 0.05) is 0 Å². The first-order chi connectivity index (χ1) is 7.41. The second-order valence-electron chi connectivity index (χ2n) is 5.55. The molecule has 0 saturated carbocycles. The van der Waals surface area contributed by atoms with Gasteiger partial charge in [0.15, 0.2) is 0 Å². The van der Waals surface area contributed by atoms with Crippen LogP contribution in [-0.2, 0) is 0 Å². The Hall–Kier alpha value is -0.820. The Morgan fingerprint density at radius 3 is 2.62 bits per heavy atom. The Balaban J connectivity index is 2.90. The first-order valence-corrected chi connectivity index (χ1v) is 6.09. The third kappa shape index (κ3) is 4.36. The van der Waals surface area contributed by atoms with Crippen molar-refractivity contribution in [3.8, 4) is 0 Å². The minimum atomic E-state index is -0.316. The summed E-state index contributed by atoms with van der Waals surface area (Å²) in [6.07, 6.45) is 11.2. The lowest BCUT2D eigenvalue weighted by molar-refractivity contribution is 0.213. The van der Waals surface area contributed by atoms with Gasteiger partial charge in [0.25, 0.3) is 0 Å². The third-order valence-corrected chi connectivity index (χ3v) is 3.17. The maximum Gasteiger partial charge on any atom is 0.0781 e. The largest absolute Gasteiger partial charge is 0.388 e. The first-order valence-electron chi connectivity index (χ1n) is 6.09. The fraction of sp³-hybridized carbons (Fsp3) is 0.600. The summed E-state index contributed by atoms with van der Waals surface area (Å²) in [5, 5.41) is 9.95. The van der Waals surface area contributed by atoms with Crippen LogP contribution in [0.3, 0.4) is 0 Å². The van der Waals surface area contributed by atoms with Crippen molar-refractivity contribution in [2.75, 3.05) is 0 Å². The summed E-state index contributed by atoms with van der Waals surface area (Å²) in [7, 11) is 0. The van der Waals surface area contributed by atoms with Gasteiger partial charge in [-0.15, -0.1) is 0 Å². The summed E-state index contributed by atoms with van der Waals surface area (Å²) in [5.74, 6) is 0. The molecule has 0 aromatic carbocycles. The average molecular weight is 220 g/mol. The van der Waals surface area contributed by atoms with Crippen LogP contribution < -0.4 is 0 Å². The maximum atomic E-state index is 9.95. The normalized spacial score (nSPS) is 35.2. The molecule has 0 fully saturated rings. The molecule has 0 heterocycles. The highest BCUT2D eigenvalue weighted by Crippen LogP contribution is 2.25. The van der Waals surface area contributed by atoms with Crippen LogP contribution in [0, 0.1) is 5.41 Å². The van der Waals surface area contributed by atoms with Gasteiger partial charge in [0.05, 0.1) is 6.10 Å². The van der Waals surface area contributed by atoms with Gasteiger partial charge >= 0.3 is 0 Å². The van der Waals surface area contributed by atoms with Crippen molar-refractivity contribution < 1.29 is 5.11 Å². The highest BCUT2D eigenvalue weighted by Gasteiger charge is 2.14. The molecule has 16 heavy (non-hydrogen) atoms. The van der Waals surface area contributed by atoms with Crippen LogP contribution in [0.4, 0.5) is 0 Å². The number of hydrogen-bond donors (Lipinski definition) is 1. The molecule has 1 N–H and O–H groups in total. The zero-order valence-corrected chi connectivity index (χ0v) is 11.0. The topological polar surface area (TPSA) is 20.2 Å². The van der Waals surface area contributed by atoms with E-state index in [-0.39, 0.29) is 11.5 Å². The molecule has 0 radical (unpaired) electrons. The average Bonchev–Trinajstić information content (AvgIpc) is 2.22. The molecule has 0 aromatic heterocycles. The second kappa shape index (κ2) is 5.49. The number of allylic oxidation sites excluding steroid dienone is 4. The second-order valence-corrected chi connectivity index (χ2v) is 5.55. The Bertz CT molecular complexity index is 318. The number of hydrogen-bond acceptors (Lipinski definition) is 1. The van der Waals surface area contributed by atoms with Crippen molar-refractivity contribution >= 4 is 0 Å². The van der Waals surface area contributed by atoms with E-state index in [1.807, 2.05) is 6.92 Å². The van der Waals surface area contributed by atoms with E-state index in [1.54, 1.807) is 0 Å².